The lowest BCUT2D eigenvalue weighted by molar-refractivity contribution is -0.130. The molecule has 0 spiro atoms. The molecule has 20 heavy (non-hydrogen) atoms. The van der Waals surface area contributed by atoms with Crippen LogP contribution in [0.5, 0.6) is 0 Å². The monoisotopic (exact) mass is 274 g/mol. The maximum absolute atomic E-state index is 12.3. The Morgan fingerprint density at radius 2 is 1.85 bits per heavy atom. The second-order valence-corrected chi connectivity index (χ2v) is 5.85. The van der Waals surface area contributed by atoms with Gasteiger partial charge in [0.15, 0.2) is 0 Å². The lowest BCUT2D eigenvalue weighted by Gasteiger charge is -2.20. The van der Waals surface area contributed by atoms with Crippen LogP contribution in [-0.2, 0) is 11.2 Å². The molecule has 0 atom stereocenters. The molecular formula is C17H26N2O. The van der Waals surface area contributed by atoms with Crippen molar-refractivity contribution in [3.8, 4) is 0 Å². The number of carbonyl (C=O) groups excluding carboxylic acids is 1. The van der Waals surface area contributed by atoms with Gasteiger partial charge in [0.05, 0.1) is 0 Å². The third-order valence-electron chi connectivity index (χ3n) is 4.25. The minimum Gasteiger partial charge on any atom is -0.341 e. The Morgan fingerprint density at radius 1 is 1.10 bits per heavy atom. The van der Waals surface area contributed by atoms with E-state index in [-0.39, 0.29) is 0 Å². The van der Waals surface area contributed by atoms with E-state index in [1.54, 1.807) is 0 Å². The van der Waals surface area contributed by atoms with E-state index in [2.05, 4.69) is 38.2 Å². The Hall–Kier alpha value is -1.35. The summed E-state index contributed by atoms with van der Waals surface area (Å²) in [5, 5.41) is 3.33. The van der Waals surface area contributed by atoms with E-state index in [9.17, 15) is 4.79 Å². The van der Waals surface area contributed by atoms with Crippen molar-refractivity contribution in [3.05, 3.63) is 34.4 Å². The van der Waals surface area contributed by atoms with E-state index in [0.29, 0.717) is 12.3 Å². The molecule has 3 heteroatoms. The molecule has 1 heterocycles. The normalized spacial score (nSPS) is 16.1. The highest BCUT2D eigenvalue weighted by molar-refractivity contribution is 5.76. The fourth-order valence-electron chi connectivity index (χ4n) is 2.78. The Labute approximate surface area is 122 Å². The molecule has 110 valence electrons. The van der Waals surface area contributed by atoms with E-state index < -0.39 is 0 Å². The molecule has 1 fully saturated rings. The molecule has 1 aromatic rings. The first-order valence-corrected chi connectivity index (χ1v) is 7.63. The summed E-state index contributed by atoms with van der Waals surface area (Å²) in [5.74, 6) is 0.298. The van der Waals surface area contributed by atoms with Crippen molar-refractivity contribution >= 4 is 5.91 Å². The number of nitrogens with zero attached hydrogens (tertiary/aromatic N) is 1. The van der Waals surface area contributed by atoms with Gasteiger partial charge in [-0.1, -0.05) is 12.1 Å². The number of benzene rings is 1. The Bertz CT molecular complexity index is 474. The average molecular weight is 274 g/mol. The molecule has 1 aliphatic heterocycles. The third kappa shape index (κ3) is 3.83. The van der Waals surface area contributed by atoms with Gasteiger partial charge < -0.3 is 10.2 Å². The van der Waals surface area contributed by atoms with Crippen LogP contribution in [0.25, 0.3) is 0 Å². The second kappa shape index (κ2) is 6.89. The minimum absolute atomic E-state index is 0.298. The number of aryl methyl sites for hydroxylation is 4. The number of carbonyl (C=O) groups is 1. The summed E-state index contributed by atoms with van der Waals surface area (Å²) in [6.07, 6.45) is 2.55. The van der Waals surface area contributed by atoms with Crippen molar-refractivity contribution in [1.82, 2.24) is 10.2 Å². The van der Waals surface area contributed by atoms with Crippen molar-refractivity contribution in [2.24, 2.45) is 0 Å². The van der Waals surface area contributed by atoms with Crippen LogP contribution < -0.4 is 5.32 Å². The summed E-state index contributed by atoms with van der Waals surface area (Å²) in [5.41, 5.74) is 5.26. The molecule has 0 saturated carbocycles. The van der Waals surface area contributed by atoms with E-state index in [4.69, 9.17) is 0 Å². The molecule has 0 unspecified atom stereocenters. The average Bonchev–Trinajstić information content (AvgIpc) is 2.70. The van der Waals surface area contributed by atoms with Gasteiger partial charge in [0.1, 0.15) is 0 Å². The Balaban J connectivity index is 1.94. The quantitative estimate of drug-likeness (QED) is 0.918. The first-order valence-electron chi connectivity index (χ1n) is 7.63. The SMILES string of the molecule is Cc1cc(C)c(CCC(=O)N2CCCNCC2)cc1C. The summed E-state index contributed by atoms with van der Waals surface area (Å²) >= 11 is 0. The highest BCUT2D eigenvalue weighted by Crippen LogP contribution is 2.17. The fourth-order valence-corrected chi connectivity index (χ4v) is 2.78. The fraction of sp³-hybridized carbons (Fsp3) is 0.588. The molecule has 1 aromatic carbocycles. The largest absolute Gasteiger partial charge is 0.341 e. The van der Waals surface area contributed by atoms with Gasteiger partial charge in [-0.15, -0.1) is 0 Å². The topological polar surface area (TPSA) is 32.3 Å². The smallest absolute Gasteiger partial charge is 0.222 e. The van der Waals surface area contributed by atoms with E-state index in [1.807, 2.05) is 4.90 Å². The first-order chi connectivity index (χ1) is 9.58. The van der Waals surface area contributed by atoms with E-state index in [1.165, 1.54) is 22.3 Å². The van der Waals surface area contributed by atoms with Crippen LogP contribution in [0.15, 0.2) is 12.1 Å². The Morgan fingerprint density at radius 3 is 2.65 bits per heavy atom. The lowest BCUT2D eigenvalue weighted by atomic mass is 9.97. The van der Waals surface area contributed by atoms with Gasteiger partial charge >= 0.3 is 0 Å². The molecule has 0 bridgehead atoms. The molecule has 1 aliphatic rings. The van der Waals surface area contributed by atoms with Crippen LogP contribution >= 0.6 is 0 Å². The van der Waals surface area contributed by atoms with Crippen LogP contribution in [0.3, 0.4) is 0 Å². The molecule has 0 radical (unpaired) electrons. The molecule has 0 aliphatic carbocycles. The van der Waals surface area contributed by atoms with Crippen LogP contribution in [0.1, 0.15) is 35.1 Å². The van der Waals surface area contributed by atoms with Crippen molar-refractivity contribution in [2.75, 3.05) is 26.2 Å². The van der Waals surface area contributed by atoms with Crippen LogP contribution in [0.2, 0.25) is 0 Å². The van der Waals surface area contributed by atoms with Gasteiger partial charge in [0.2, 0.25) is 5.91 Å². The number of rotatable bonds is 3. The Kier molecular flexibility index (Phi) is 5.18. The maximum Gasteiger partial charge on any atom is 0.222 e. The van der Waals surface area contributed by atoms with Gasteiger partial charge in [-0.2, -0.15) is 0 Å². The standard InChI is InChI=1S/C17H26N2O/c1-13-11-15(3)16(12-14(13)2)5-6-17(20)19-9-4-7-18-8-10-19/h11-12,18H,4-10H2,1-3H3. The molecular weight excluding hydrogens is 248 g/mol. The number of nitrogens with one attached hydrogen (secondary N) is 1. The van der Waals surface area contributed by atoms with Gasteiger partial charge in [-0.3, -0.25) is 4.79 Å². The first kappa shape index (κ1) is 15.0. The lowest BCUT2D eigenvalue weighted by Crippen LogP contribution is -2.34. The zero-order chi connectivity index (χ0) is 14.5. The van der Waals surface area contributed by atoms with Crippen molar-refractivity contribution in [1.29, 1.82) is 0 Å². The summed E-state index contributed by atoms with van der Waals surface area (Å²) in [7, 11) is 0. The number of hydrogen-bond acceptors (Lipinski definition) is 2. The molecule has 0 aromatic heterocycles. The van der Waals surface area contributed by atoms with Gasteiger partial charge in [0.25, 0.3) is 0 Å². The third-order valence-corrected chi connectivity index (χ3v) is 4.25. The number of hydrogen-bond donors (Lipinski definition) is 1. The molecule has 1 amide bonds. The predicted molar refractivity (Wildman–Crippen MR) is 83.0 cm³/mol. The number of amides is 1. The van der Waals surface area contributed by atoms with Crippen LogP contribution in [-0.4, -0.2) is 37.0 Å². The summed E-state index contributed by atoms with van der Waals surface area (Å²) < 4.78 is 0. The highest BCUT2D eigenvalue weighted by Gasteiger charge is 2.15. The van der Waals surface area contributed by atoms with Crippen LogP contribution in [0.4, 0.5) is 0 Å². The predicted octanol–water partition coefficient (Wildman–Crippen LogP) is 2.37. The van der Waals surface area contributed by atoms with Crippen molar-refractivity contribution < 1.29 is 4.79 Å². The van der Waals surface area contributed by atoms with E-state index >= 15 is 0 Å². The highest BCUT2D eigenvalue weighted by atomic mass is 16.2. The summed E-state index contributed by atoms with van der Waals surface area (Å²) in [6.45, 7) is 10.1. The van der Waals surface area contributed by atoms with Crippen molar-refractivity contribution in [2.45, 2.75) is 40.0 Å². The second-order valence-electron chi connectivity index (χ2n) is 5.85. The molecule has 1 saturated heterocycles. The van der Waals surface area contributed by atoms with Crippen molar-refractivity contribution in [3.63, 3.8) is 0 Å². The minimum atomic E-state index is 0.298. The van der Waals surface area contributed by atoms with Gasteiger partial charge in [-0.25, -0.2) is 0 Å². The summed E-state index contributed by atoms with van der Waals surface area (Å²) in [4.78, 5) is 14.3. The molecule has 3 nitrogen and oxygen atoms in total. The van der Waals surface area contributed by atoms with Gasteiger partial charge in [0, 0.05) is 26.1 Å². The van der Waals surface area contributed by atoms with Crippen LogP contribution in [0, 0.1) is 20.8 Å². The zero-order valence-corrected chi connectivity index (χ0v) is 13.0. The molecule has 1 N–H and O–H groups in total. The van der Waals surface area contributed by atoms with Gasteiger partial charge in [-0.05, 0) is 62.4 Å². The molecule has 2 rings (SSSR count). The summed E-state index contributed by atoms with van der Waals surface area (Å²) in [6, 6.07) is 4.47. The maximum atomic E-state index is 12.3. The zero-order valence-electron chi connectivity index (χ0n) is 13.0. The van der Waals surface area contributed by atoms with E-state index in [0.717, 1.165) is 39.0 Å².